The highest BCUT2D eigenvalue weighted by Crippen LogP contribution is 2.23. The molecule has 0 radical (unpaired) electrons. The molecule has 0 aliphatic carbocycles. The van der Waals surface area contributed by atoms with Gasteiger partial charge in [-0.3, -0.25) is 9.48 Å². The Morgan fingerprint density at radius 1 is 1.06 bits per heavy atom. The molecule has 0 aliphatic rings. The Bertz CT molecular complexity index is 1470. The Hall–Kier alpha value is -4.03. The van der Waals surface area contributed by atoms with E-state index in [1.165, 1.54) is 10.8 Å². The van der Waals surface area contributed by atoms with E-state index in [9.17, 15) is 4.79 Å². The molecule has 0 saturated carbocycles. The standard InChI is InChI=1S/C27H22ClN3O3/c1-18-15-21(28)9-11-24(18)33-17-22-10-12-25(34-22)27(32)29-26-13-14-31(30-26)16-20-7-4-6-19-5-2-3-8-23(19)20/h2-15H,16-17H2,1H3,(H,29,30,32). The molecular weight excluding hydrogens is 450 g/mol. The van der Waals surface area contributed by atoms with Crippen LogP contribution >= 0.6 is 11.6 Å². The lowest BCUT2D eigenvalue weighted by atomic mass is 10.0. The molecule has 1 amide bonds. The largest absolute Gasteiger partial charge is 0.485 e. The fraction of sp³-hybridized carbons (Fsp3) is 0.111. The van der Waals surface area contributed by atoms with Gasteiger partial charge in [-0.15, -0.1) is 0 Å². The average molecular weight is 472 g/mol. The topological polar surface area (TPSA) is 69.3 Å². The summed E-state index contributed by atoms with van der Waals surface area (Å²) < 4.78 is 13.2. The highest BCUT2D eigenvalue weighted by molar-refractivity contribution is 6.30. The van der Waals surface area contributed by atoms with Gasteiger partial charge in [-0.2, -0.15) is 5.10 Å². The summed E-state index contributed by atoms with van der Waals surface area (Å²) in [6.45, 7) is 2.72. The van der Waals surface area contributed by atoms with Crippen molar-refractivity contribution < 1.29 is 13.9 Å². The van der Waals surface area contributed by atoms with Gasteiger partial charge in [0, 0.05) is 17.3 Å². The molecule has 0 atom stereocenters. The summed E-state index contributed by atoms with van der Waals surface area (Å²) in [5.74, 6) is 1.53. The van der Waals surface area contributed by atoms with Crippen molar-refractivity contribution in [3.8, 4) is 5.75 Å². The highest BCUT2D eigenvalue weighted by Gasteiger charge is 2.14. The van der Waals surface area contributed by atoms with E-state index in [0.29, 0.717) is 28.9 Å². The van der Waals surface area contributed by atoms with Crippen molar-refractivity contribution in [2.24, 2.45) is 0 Å². The van der Waals surface area contributed by atoms with E-state index in [0.717, 1.165) is 11.1 Å². The number of nitrogens with one attached hydrogen (secondary N) is 1. The van der Waals surface area contributed by atoms with E-state index in [2.05, 4.69) is 34.7 Å². The van der Waals surface area contributed by atoms with Crippen molar-refractivity contribution in [1.29, 1.82) is 0 Å². The van der Waals surface area contributed by atoms with Crippen LogP contribution in [0.4, 0.5) is 5.82 Å². The van der Waals surface area contributed by atoms with Crippen LogP contribution in [-0.4, -0.2) is 15.7 Å². The molecule has 0 bridgehead atoms. The Morgan fingerprint density at radius 3 is 2.79 bits per heavy atom. The van der Waals surface area contributed by atoms with Crippen LogP contribution in [0, 0.1) is 6.92 Å². The van der Waals surface area contributed by atoms with Gasteiger partial charge >= 0.3 is 0 Å². The Labute approximate surface area is 201 Å². The number of carbonyl (C=O) groups excluding carboxylic acids is 1. The number of furan rings is 1. The first kappa shape index (κ1) is 21.8. The molecule has 34 heavy (non-hydrogen) atoms. The number of carbonyl (C=O) groups is 1. The quantitative estimate of drug-likeness (QED) is 0.295. The normalized spacial score (nSPS) is 11.0. The fourth-order valence-corrected chi connectivity index (χ4v) is 4.03. The number of benzene rings is 3. The predicted octanol–water partition coefficient (Wildman–Crippen LogP) is 6.47. The molecule has 0 unspecified atom stereocenters. The van der Waals surface area contributed by atoms with Gasteiger partial charge in [0.25, 0.3) is 5.91 Å². The minimum Gasteiger partial charge on any atom is -0.485 e. The lowest BCUT2D eigenvalue weighted by molar-refractivity contribution is 0.0992. The monoisotopic (exact) mass is 471 g/mol. The molecule has 2 aromatic heterocycles. The van der Waals surface area contributed by atoms with Gasteiger partial charge in [0.1, 0.15) is 18.1 Å². The first-order valence-corrected chi connectivity index (χ1v) is 11.2. The summed E-state index contributed by atoms with van der Waals surface area (Å²) in [6, 6.07) is 25.0. The fourth-order valence-electron chi connectivity index (χ4n) is 3.80. The summed E-state index contributed by atoms with van der Waals surface area (Å²) in [7, 11) is 0. The van der Waals surface area contributed by atoms with Crippen LogP contribution in [0.5, 0.6) is 5.75 Å². The second-order valence-electron chi connectivity index (χ2n) is 7.96. The summed E-state index contributed by atoms with van der Waals surface area (Å²) in [5, 5.41) is 10.3. The number of nitrogens with zero attached hydrogens (tertiary/aromatic N) is 2. The third kappa shape index (κ3) is 4.82. The maximum Gasteiger partial charge on any atom is 0.292 e. The van der Waals surface area contributed by atoms with Crippen molar-refractivity contribution in [3.63, 3.8) is 0 Å². The summed E-state index contributed by atoms with van der Waals surface area (Å²) >= 11 is 5.98. The van der Waals surface area contributed by atoms with Crippen LogP contribution in [-0.2, 0) is 13.2 Å². The number of anilines is 1. The molecule has 5 rings (SSSR count). The summed E-state index contributed by atoms with van der Waals surface area (Å²) in [5.41, 5.74) is 2.08. The molecule has 7 heteroatoms. The molecule has 0 saturated heterocycles. The van der Waals surface area contributed by atoms with Gasteiger partial charge in [-0.05, 0) is 59.2 Å². The lowest BCUT2D eigenvalue weighted by Crippen LogP contribution is -2.12. The maximum atomic E-state index is 12.6. The zero-order chi connectivity index (χ0) is 23.5. The van der Waals surface area contributed by atoms with Crippen molar-refractivity contribution in [2.45, 2.75) is 20.1 Å². The number of ether oxygens (including phenoxy) is 1. The first-order valence-electron chi connectivity index (χ1n) is 10.8. The second-order valence-corrected chi connectivity index (χ2v) is 8.39. The van der Waals surface area contributed by atoms with E-state index in [-0.39, 0.29) is 18.3 Å². The average Bonchev–Trinajstić information content (AvgIpc) is 3.48. The van der Waals surface area contributed by atoms with Crippen LogP contribution in [0.2, 0.25) is 5.02 Å². The molecule has 0 aliphatic heterocycles. The third-order valence-electron chi connectivity index (χ3n) is 5.49. The van der Waals surface area contributed by atoms with E-state index in [1.54, 1.807) is 28.9 Å². The zero-order valence-electron chi connectivity index (χ0n) is 18.5. The third-order valence-corrected chi connectivity index (χ3v) is 5.72. The van der Waals surface area contributed by atoms with E-state index < -0.39 is 0 Å². The molecular formula is C27H22ClN3O3. The van der Waals surface area contributed by atoms with E-state index >= 15 is 0 Å². The highest BCUT2D eigenvalue weighted by atomic mass is 35.5. The predicted molar refractivity (Wildman–Crippen MR) is 132 cm³/mol. The molecule has 5 aromatic rings. The van der Waals surface area contributed by atoms with Gasteiger partial charge < -0.3 is 14.5 Å². The van der Waals surface area contributed by atoms with Crippen molar-refractivity contribution in [1.82, 2.24) is 9.78 Å². The minimum atomic E-state index is -0.371. The number of halogens is 1. The van der Waals surface area contributed by atoms with Gasteiger partial charge in [-0.1, -0.05) is 54.1 Å². The maximum absolute atomic E-state index is 12.6. The second kappa shape index (κ2) is 9.45. The van der Waals surface area contributed by atoms with Gasteiger partial charge in [0.05, 0.1) is 6.54 Å². The SMILES string of the molecule is Cc1cc(Cl)ccc1OCc1ccc(C(=O)Nc2ccn(Cc3cccc4ccccc34)n2)o1. The number of rotatable bonds is 7. The number of fused-ring (bicyclic) bond motifs is 1. The minimum absolute atomic E-state index is 0.190. The molecule has 0 spiro atoms. The molecule has 0 fully saturated rings. The van der Waals surface area contributed by atoms with Gasteiger partial charge in [0.15, 0.2) is 11.6 Å². The van der Waals surface area contributed by atoms with Crippen molar-refractivity contribution in [3.05, 3.63) is 113 Å². The number of aryl methyl sites for hydroxylation is 1. The number of aromatic nitrogens is 2. The van der Waals surface area contributed by atoms with E-state index in [4.69, 9.17) is 20.8 Å². The molecule has 170 valence electrons. The van der Waals surface area contributed by atoms with Crippen LogP contribution in [0.15, 0.2) is 89.5 Å². The van der Waals surface area contributed by atoms with Gasteiger partial charge in [0.2, 0.25) is 0 Å². The Balaban J connectivity index is 1.21. The molecule has 1 N–H and O–H groups in total. The molecule has 3 aromatic carbocycles. The van der Waals surface area contributed by atoms with E-state index in [1.807, 2.05) is 43.5 Å². The lowest BCUT2D eigenvalue weighted by Gasteiger charge is -2.07. The van der Waals surface area contributed by atoms with Crippen LogP contribution < -0.4 is 10.1 Å². The van der Waals surface area contributed by atoms with Crippen molar-refractivity contribution in [2.75, 3.05) is 5.32 Å². The summed E-state index contributed by atoms with van der Waals surface area (Å²) in [6.07, 6.45) is 1.84. The van der Waals surface area contributed by atoms with Crippen molar-refractivity contribution >= 4 is 34.1 Å². The number of amides is 1. The summed E-state index contributed by atoms with van der Waals surface area (Å²) in [4.78, 5) is 12.6. The van der Waals surface area contributed by atoms with Crippen LogP contribution in [0.3, 0.4) is 0 Å². The van der Waals surface area contributed by atoms with Crippen LogP contribution in [0.1, 0.15) is 27.4 Å². The molecule has 2 heterocycles. The molecule has 6 nitrogen and oxygen atoms in total. The Morgan fingerprint density at radius 2 is 1.91 bits per heavy atom. The van der Waals surface area contributed by atoms with Gasteiger partial charge in [-0.25, -0.2) is 0 Å². The van der Waals surface area contributed by atoms with Crippen LogP contribution in [0.25, 0.3) is 10.8 Å². The Kier molecular flexibility index (Phi) is 6.06. The number of hydrogen-bond acceptors (Lipinski definition) is 4. The number of hydrogen-bond donors (Lipinski definition) is 1. The smallest absolute Gasteiger partial charge is 0.292 e. The first-order chi connectivity index (χ1) is 16.5. The zero-order valence-corrected chi connectivity index (χ0v) is 19.3.